The second-order valence-corrected chi connectivity index (χ2v) is 16.8. The summed E-state index contributed by atoms with van der Waals surface area (Å²) in [7, 11) is 0. The van der Waals surface area contributed by atoms with Gasteiger partial charge in [0.05, 0.1) is 17.5 Å². The Labute approximate surface area is 342 Å². The Balaban J connectivity index is 0.770. The molecule has 0 bridgehead atoms. The van der Waals surface area contributed by atoms with Crippen LogP contribution in [0.2, 0.25) is 0 Å². The number of nitrogens with zero attached hydrogens (tertiary/aromatic N) is 6. The number of carbonyl (C=O) groups is 4. The first-order valence-corrected chi connectivity index (χ1v) is 21.1. The van der Waals surface area contributed by atoms with Crippen molar-refractivity contribution < 1.29 is 33.1 Å². The molecule has 0 radical (unpaired) electrons. The van der Waals surface area contributed by atoms with Gasteiger partial charge in [0, 0.05) is 94.1 Å². The summed E-state index contributed by atoms with van der Waals surface area (Å²) in [6.45, 7) is 4.65. The Morgan fingerprint density at radius 1 is 0.864 bits per heavy atom. The molecule has 4 amide bonds. The largest absolute Gasteiger partial charge is 0.388 e. The van der Waals surface area contributed by atoms with Crippen molar-refractivity contribution in [3.05, 3.63) is 60.3 Å². The zero-order valence-corrected chi connectivity index (χ0v) is 33.3. The van der Waals surface area contributed by atoms with E-state index in [1.807, 2.05) is 21.9 Å². The standard InChI is InChI=1S/C43H53F2N9O5/c44-33-25-31(47-35-12-14-37(55)49-40(35)57)11-13-36(33)52-22-20-51(21-23-52)27-43(59)15-18-53(19-16-43)41(58)28-7-9-30(10-8-28)48-42-46-26-34(45)39(50-42)29-4-3-5-32(24-29)54-17-2-1-6-38(54)56/h3-5,11,13,24-26,28,30,35,47,59H,1-2,6-10,12,14-23,27H2,(H,46,48,50)(H,49,55,57). The van der Waals surface area contributed by atoms with E-state index in [4.69, 9.17) is 0 Å². The van der Waals surface area contributed by atoms with Crippen LogP contribution in [0.25, 0.3) is 11.3 Å². The average Bonchev–Trinajstić information content (AvgIpc) is 3.23. The van der Waals surface area contributed by atoms with E-state index in [1.54, 1.807) is 29.2 Å². The van der Waals surface area contributed by atoms with Gasteiger partial charge in [-0.15, -0.1) is 0 Å². The highest BCUT2D eigenvalue weighted by Gasteiger charge is 2.39. The number of anilines is 4. The first-order valence-electron chi connectivity index (χ1n) is 21.1. The van der Waals surface area contributed by atoms with Gasteiger partial charge in [0.1, 0.15) is 17.6 Å². The normalized spacial score (nSPS) is 24.2. The number of imide groups is 1. The lowest BCUT2D eigenvalue weighted by atomic mass is 9.84. The maximum atomic E-state index is 15.2. The third-order valence-corrected chi connectivity index (χ3v) is 12.7. The van der Waals surface area contributed by atoms with E-state index in [0.29, 0.717) is 114 Å². The van der Waals surface area contributed by atoms with Gasteiger partial charge in [-0.05, 0) is 88.1 Å². The molecule has 3 aromatic rings. The van der Waals surface area contributed by atoms with Crippen LogP contribution in [0.4, 0.5) is 31.8 Å². The quantitative estimate of drug-likeness (QED) is 0.216. The van der Waals surface area contributed by atoms with Crippen molar-refractivity contribution in [3.63, 3.8) is 0 Å². The number of piperidine rings is 3. The number of aliphatic hydroxyl groups is 1. The lowest BCUT2D eigenvalue weighted by Gasteiger charge is -2.44. The number of hydrogen-bond donors (Lipinski definition) is 4. The Morgan fingerprint density at radius 2 is 1.64 bits per heavy atom. The van der Waals surface area contributed by atoms with E-state index in [2.05, 4.69) is 30.8 Å². The first-order chi connectivity index (χ1) is 28.5. The van der Waals surface area contributed by atoms with Crippen LogP contribution >= 0.6 is 0 Å². The number of amides is 4. The molecule has 1 saturated carbocycles. The van der Waals surface area contributed by atoms with Crippen molar-refractivity contribution in [2.75, 3.05) is 72.8 Å². The number of nitrogens with one attached hydrogen (secondary N) is 3. The van der Waals surface area contributed by atoms with Crippen LogP contribution in [0.15, 0.2) is 48.7 Å². The Hall–Kier alpha value is -5.22. The molecular weight excluding hydrogens is 761 g/mol. The summed E-state index contributed by atoms with van der Waals surface area (Å²) in [5.41, 5.74) is 1.54. The van der Waals surface area contributed by atoms with Crippen LogP contribution in [0, 0.1) is 17.6 Å². The van der Waals surface area contributed by atoms with E-state index in [-0.39, 0.29) is 41.8 Å². The molecular formula is C43H53F2N9O5. The minimum Gasteiger partial charge on any atom is -0.388 e. The van der Waals surface area contributed by atoms with E-state index < -0.39 is 29.2 Å². The maximum absolute atomic E-state index is 15.2. The van der Waals surface area contributed by atoms with Crippen molar-refractivity contribution in [3.8, 4) is 11.3 Å². The number of benzene rings is 2. The number of halogens is 2. The first kappa shape index (κ1) is 40.6. The summed E-state index contributed by atoms with van der Waals surface area (Å²) in [6.07, 6.45) is 7.99. The third kappa shape index (κ3) is 9.49. The Morgan fingerprint density at radius 3 is 2.37 bits per heavy atom. The molecule has 4 aliphatic heterocycles. The predicted octanol–water partition coefficient (Wildman–Crippen LogP) is 4.30. The van der Waals surface area contributed by atoms with Crippen LogP contribution in [-0.2, 0) is 19.2 Å². The molecule has 8 rings (SSSR count). The number of likely N-dealkylation sites (tertiary alicyclic amines) is 1. The number of rotatable bonds is 10. The highest BCUT2D eigenvalue weighted by Crippen LogP contribution is 2.33. The van der Waals surface area contributed by atoms with E-state index >= 15 is 8.78 Å². The SMILES string of the molecule is O=C1CCC(Nc2ccc(N3CCN(CC4(O)CCN(C(=O)C5CCC(Nc6ncc(F)c(-c7cccc(N8CCCCC8=O)c7)n6)CC5)CC4)CC3)c(F)c2)C(=O)N1. The van der Waals surface area contributed by atoms with Gasteiger partial charge in [0.25, 0.3) is 0 Å². The Bertz CT molecular complexity index is 2050. The maximum Gasteiger partial charge on any atom is 0.249 e. The highest BCUT2D eigenvalue weighted by atomic mass is 19.1. The van der Waals surface area contributed by atoms with Crippen LogP contribution in [0.1, 0.15) is 70.6 Å². The number of β-amino-alcohol motifs (C(OH)–C–C–N with tert-alkyl or cyclic N) is 1. The molecule has 5 heterocycles. The van der Waals surface area contributed by atoms with Crippen molar-refractivity contribution in [2.24, 2.45) is 5.92 Å². The van der Waals surface area contributed by atoms with Crippen molar-refractivity contribution >= 4 is 46.6 Å². The molecule has 5 aliphatic rings. The number of hydrogen-bond acceptors (Lipinski definition) is 11. The lowest BCUT2D eigenvalue weighted by molar-refractivity contribution is -0.141. The second kappa shape index (κ2) is 17.6. The minimum absolute atomic E-state index is 0.0411. The van der Waals surface area contributed by atoms with Crippen molar-refractivity contribution in [1.82, 2.24) is 25.1 Å². The minimum atomic E-state index is -0.907. The molecule has 4 N–H and O–H groups in total. The predicted molar refractivity (Wildman–Crippen MR) is 219 cm³/mol. The molecule has 1 aromatic heterocycles. The van der Waals surface area contributed by atoms with Gasteiger partial charge in [-0.2, -0.15) is 0 Å². The molecule has 1 atom stereocenters. The summed E-state index contributed by atoms with van der Waals surface area (Å²) in [5, 5.41) is 20.3. The van der Waals surface area contributed by atoms with Crippen molar-refractivity contribution in [1.29, 1.82) is 0 Å². The fraction of sp³-hybridized carbons (Fsp3) is 0.535. The second-order valence-electron chi connectivity index (χ2n) is 16.8. The van der Waals surface area contributed by atoms with Crippen LogP contribution < -0.4 is 25.8 Å². The number of carbonyl (C=O) groups excluding carboxylic acids is 4. The molecule has 5 fully saturated rings. The summed E-state index contributed by atoms with van der Waals surface area (Å²) < 4.78 is 30.2. The van der Waals surface area contributed by atoms with E-state index in [0.717, 1.165) is 31.4 Å². The topological polar surface area (TPSA) is 163 Å². The fourth-order valence-electron chi connectivity index (χ4n) is 9.21. The van der Waals surface area contributed by atoms with Crippen LogP contribution in [-0.4, -0.2) is 119 Å². The molecule has 14 nitrogen and oxygen atoms in total. The van der Waals surface area contributed by atoms with Gasteiger partial charge >= 0.3 is 0 Å². The monoisotopic (exact) mass is 813 g/mol. The molecule has 0 spiro atoms. The summed E-state index contributed by atoms with van der Waals surface area (Å²) >= 11 is 0. The smallest absolute Gasteiger partial charge is 0.249 e. The fourth-order valence-corrected chi connectivity index (χ4v) is 9.21. The zero-order chi connectivity index (χ0) is 41.1. The molecule has 1 unspecified atom stereocenters. The molecule has 314 valence electrons. The van der Waals surface area contributed by atoms with E-state index in [9.17, 15) is 24.3 Å². The van der Waals surface area contributed by atoms with Gasteiger partial charge in [-0.3, -0.25) is 29.4 Å². The summed E-state index contributed by atoms with van der Waals surface area (Å²) in [6, 6.07) is 11.6. The molecule has 59 heavy (non-hydrogen) atoms. The molecule has 4 saturated heterocycles. The zero-order valence-electron chi connectivity index (χ0n) is 33.3. The summed E-state index contributed by atoms with van der Waals surface area (Å²) in [5.74, 6) is -1.20. The van der Waals surface area contributed by atoms with Gasteiger partial charge in [0.15, 0.2) is 5.82 Å². The van der Waals surface area contributed by atoms with E-state index in [1.165, 1.54) is 12.3 Å². The number of aromatic nitrogens is 2. The highest BCUT2D eigenvalue weighted by molar-refractivity contribution is 6.01. The van der Waals surface area contributed by atoms with Crippen LogP contribution in [0.5, 0.6) is 0 Å². The lowest BCUT2D eigenvalue weighted by Crippen LogP contribution is -2.56. The van der Waals surface area contributed by atoms with Gasteiger partial charge < -0.3 is 30.4 Å². The van der Waals surface area contributed by atoms with Crippen LogP contribution in [0.3, 0.4) is 0 Å². The number of piperazine rings is 1. The van der Waals surface area contributed by atoms with Crippen molar-refractivity contribution in [2.45, 2.75) is 88.3 Å². The molecule has 16 heteroatoms. The molecule has 2 aromatic carbocycles. The van der Waals surface area contributed by atoms with Gasteiger partial charge in [0.2, 0.25) is 29.6 Å². The third-order valence-electron chi connectivity index (χ3n) is 12.7. The van der Waals surface area contributed by atoms with Gasteiger partial charge in [-0.1, -0.05) is 12.1 Å². The molecule has 1 aliphatic carbocycles. The average molecular weight is 814 g/mol. The Kier molecular flexibility index (Phi) is 12.1. The van der Waals surface area contributed by atoms with Gasteiger partial charge in [-0.25, -0.2) is 18.7 Å². The summed E-state index contributed by atoms with van der Waals surface area (Å²) in [4.78, 5) is 66.2.